The minimum atomic E-state index is -0.392. The lowest BCUT2D eigenvalue weighted by molar-refractivity contribution is 0.0170. The zero-order valence-corrected chi connectivity index (χ0v) is 10.5. The van der Waals surface area contributed by atoms with E-state index in [0.29, 0.717) is 12.1 Å². The van der Waals surface area contributed by atoms with Crippen LogP contribution in [0.1, 0.15) is 40.0 Å². The van der Waals surface area contributed by atoms with Crippen LogP contribution in [-0.4, -0.2) is 41.8 Å². The van der Waals surface area contributed by atoms with Crippen molar-refractivity contribution in [2.45, 2.75) is 57.7 Å². The van der Waals surface area contributed by atoms with Crippen LogP contribution < -0.4 is 5.32 Å². The third-order valence-electron chi connectivity index (χ3n) is 3.25. The van der Waals surface area contributed by atoms with Gasteiger partial charge in [0.1, 0.15) is 5.60 Å². The van der Waals surface area contributed by atoms with Crippen molar-refractivity contribution < 1.29 is 9.53 Å². The minimum Gasteiger partial charge on any atom is -0.444 e. The molecule has 4 heteroatoms. The molecule has 0 aromatic rings. The van der Waals surface area contributed by atoms with Crippen molar-refractivity contribution in [1.29, 1.82) is 0 Å². The fraction of sp³-hybridized carbons (Fsp3) is 0.917. The molecule has 0 radical (unpaired) electrons. The Morgan fingerprint density at radius 2 is 2.06 bits per heavy atom. The molecule has 16 heavy (non-hydrogen) atoms. The number of ether oxygens (including phenoxy) is 1. The van der Waals surface area contributed by atoms with Crippen LogP contribution in [0.4, 0.5) is 4.79 Å². The molecule has 0 bridgehead atoms. The highest BCUT2D eigenvalue weighted by molar-refractivity contribution is 5.69. The fourth-order valence-corrected chi connectivity index (χ4v) is 2.40. The third-order valence-corrected chi connectivity index (χ3v) is 3.25. The average Bonchev–Trinajstić information content (AvgIpc) is 2.45. The number of carbonyl (C=O) groups excluding carboxylic acids is 1. The van der Waals surface area contributed by atoms with Gasteiger partial charge in [0.25, 0.3) is 0 Å². The van der Waals surface area contributed by atoms with Gasteiger partial charge >= 0.3 is 6.09 Å². The van der Waals surface area contributed by atoms with E-state index in [1.54, 1.807) is 0 Å². The second kappa shape index (κ2) is 4.24. The van der Waals surface area contributed by atoms with Gasteiger partial charge in [-0.15, -0.1) is 0 Å². The second-order valence-electron chi connectivity index (χ2n) is 5.73. The van der Waals surface area contributed by atoms with Crippen molar-refractivity contribution >= 4 is 6.09 Å². The molecule has 0 aliphatic carbocycles. The maximum absolute atomic E-state index is 12.0. The molecule has 4 nitrogen and oxygen atoms in total. The molecule has 2 aliphatic heterocycles. The molecule has 2 aliphatic rings. The van der Waals surface area contributed by atoms with Crippen molar-refractivity contribution in [3.63, 3.8) is 0 Å². The van der Waals surface area contributed by atoms with E-state index < -0.39 is 5.60 Å². The number of nitrogens with one attached hydrogen (secondary N) is 1. The van der Waals surface area contributed by atoms with Crippen molar-refractivity contribution in [2.75, 3.05) is 13.1 Å². The number of hydrogen-bond acceptors (Lipinski definition) is 3. The Kier molecular flexibility index (Phi) is 3.10. The summed E-state index contributed by atoms with van der Waals surface area (Å²) in [6, 6.07) is 0.846. The molecule has 1 N–H and O–H groups in total. The molecule has 2 unspecified atom stereocenters. The summed E-state index contributed by atoms with van der Waals surface area (Å²) in [7, 11) is 0. The van der Waals surface area contributed by atoms with Crippen LogP contribution in [0, 0.1) is 0 Å². The van der Waals surface area contributed by atoms with E-state index in [-0.39, 0.29) is 6.09 Å². The van der Waals surface area contributed by atoms with Gasteiger partial charge in [-0.1, -0.05) is 0 Å². The van der Waals surface area contributed by atoms with Gasteiger partial charge in [0.05, 0.1) is 6.04 Å². The van der Waals surface area contributed by atoms with Gasteiger partial charge in [-0.2, -0.15) is 0 Å². The summed E-state index contributed by atoms with van der Waals surface area (Å²) in [6.07, 6.45) is 3.24. The van der Waals surface area contributed by atoms with Crippen molar-refractivity contribution in [3.8, 4) is 0 Å². The van der Waals surface area contributed by atoms with Crippen LogP contribution in [0.2, 0.25) is 0 Å². The first-order valence-corrected chi connectivity index (χ1v) is 6.20. The number of nitrogens with zero attached hydrogens (tertiary/aromatic N) is 1. The Hall–Kier alpha value is -0.770. The Morgan fingerprint density at radius 3 is 2.56 bits per heavy atom. The highest BCUT2D eigenvalue weighted by Gasteiger charge is 2.38. The van der Waals surface area contributed by atoms with Crippen molar-refractivity contribution in [1.82, 2.24) is 10.2 Å². The largest absolute Gasteiger partial charge is 0.444 e. The molecule has 0 spiro atoms. The average molecular weight is 226 g/mol. The number of carbonyl (C=O) groups is 1. The summed E-state index contributed by atoms with van der Waals surface area (Å²) in [6.45, 7) is 7.67. The lowest BCUT2D eigenvalue weighted by Gasteiger charge is -2.38. The van der Waals surface area contributed by atoms with E-state index in [9.17, 15) is 4.79 Å². The lowest BCUT2D eigenvalue weighted by atomic mass is 9.97. The van der Waals surface area contributed by atoms with Gasteiger partial charge in [-0.25, -0.2) is 4.79 Å². The van der Waals surface area contributed by atoms with E-state index >= 15 is 0 Å². The van der Waals surface area contributed by atoms with Crippen LogP contribution in [0.3, 0.4) is 0 Å². The van der Waals surface area contributed by atoms with E-state index in [1.807, 2.05) is 25.7 Å². The number of likely N-dealkylation sites (tertiary alicyclic amines) is 1. The summed E-state index contributed by atoms with van der Waals surface area (Å²) in [5.74, 6) is 0. The van der Waals surface area contributed by atoms with E-state index in [0.717, 1.165) is 25.9 Å². The number of amides is 1. The molecule has 2 fully saturated rings. The molecule has 2 saturated heterocycles. The van der Waals surface area contributed by atoms with Crippen molar-refractivity contribution in [3.05, 3.63) is 0 Å². The van der Waals surface area contributed by atoms with Gasteiger partial charge in [0.2, 0.25) is 0 Å². The summed E-state index contributed by atoms with van der Waals surface area (Å²) >= 11 is 0. The van der Waals surface area contributed by atoms with Gasteiger partial charge in [-0.3, -0.25) is 0 Å². The maximum Gasteiger partial charge on any atom is 0.410 e. The van der Waals surface area contributed by atoms with Gasteiger partial charge < -0.3 is 15.0 Å². The van der Waals surface area contributed by atoms with E-state index in [4.69, 9.17) is 4.74 Å². The van der Waals surface area contributed by atoms with Crippen LogP contribution in [-0.2, 0) is 4.74 Å². The zero-order chi connectivity index (χ0) is 11.8. The quantitative estimate of drug-likeness (QED) is 0.740. The summed E-state index contributed by atoms with van der Waals surface area (Å²) < 4.78 is 5.43. The van der Waals surface area contributed by atoms with Gasteiger partial charge in [0.15, 0.2) is 0 Å². The predicted octanol–water partition coefficient (Wildman–Crippen LogP) is 1.75. The van der Waals surface area contributed by atoms with E-state index in [2.05, 4.69) is 5.32 Å². The molecule has 1 amide bonds. The summed E-state index contributed by atoms with van der Waals surface area (Å²) in [5, 5.41) is 3.39. The SMILES string of the molecule is CC(C)(C)OC(=O)N1CCCC1C1CCN1. The molecule has 0 aromatic carbocycles. The Bertz CT molecular complexity index is 269. The molecule has 92 valence electrons. The topological polar surface area (TPSA) is 41.6 Å². The monoisotopic (exact) mass is 226 g/mol. The molecule has 2 atom stereocenters. The molecular weight excluding hydrogens is 204 g/mol. The number of hydrogen-bond donors (Lipinski definition) is 1. The standard InChI is InChI=1S/C12H22N2O2/c1-12(2,3)16-11(15)14-8-4-5-10(14)9-6-7-13-9/h9-10,13H,4-8H2,1-3H3. The first-order valence-electron chi connectivity index (χ1n) is 6.20. The van der Waals surface area contributed by atoms with Gasteiger partial charge in [-0.05, 0) is 46.6 Å². The summed E-state index contributed by atoms with van der Waals surface area (Å²) in [4.78, 5) is 13.9. The highest BCUT2D eigenvalue weighted by atomic mass is 16.6. The normalized spacial score (nSPS) is 30.1. The van der Waals surface area contributed by atoms with Gasteiger partial charge in [0, 0.05) is 12.6 Å². The molecule has 0 aromatic heterocycles. The molecular formula is C12H22N2O2. The summed E-state index contributed by atoms with van der Waals surface area (Å²) in [5.41, 5.74) is -0.392. The smallest absolute Gasteiger partial charge is 0.410 e. The Morgan fingerprint density at radius 1 is 1.38 bits per heavy atom. The highest BCUT2D eigenvalue weighted by Crippen LogP contribution is 2.26. The molecule has 2 heterocycles. The first kappa shape index (κ1) is 11.7. The van der Waals surface area contributed by atoms with Crippen LogP contribution >= 0.6 is 0 Å². The molecule has 2 rings (SSSR count). The Balaban J connectivity index is 1.94. The fourth-order valence-electron chi connectivity index (χ4n) is 2.40. The van der Waals surface area contributed by atoms with Crippen LogP contribution in [0.15, 0.2) is 0 Å². The van der Waals surface area contributed by atoms with Crippen LogP contribution in [0.25, 0.3) is 0 Å². The second-order valence-corrected chi connectivity index (χ2v) is 5.73. The van der Waals surface area contributed by atoms with Crippen molar-refractivity contribution in [2.24, 2.45) is 0 Å². The first-order chi connectivity index (χ1) is 7.47. The zero-order valence-electron chi connectivity index (χ0n) is 10.5. The third kappa shape index (κ3) is 2.48. The number of rotatable bonds is 1. The van der Waals surface area contributed by atoms with Crippen LogP contribution in [0.5, 0.6) is 0 Å². The lowest BCUT2D eigenvalue weighted by Crippen LogP contribution is -2.56. The Labute approximate surface area is 97.3 Å². The molecule has 0 saturated carbocycles. The van der Waals surface area contributed by atoms with E-state index in [1.165, 1.54) is 6.42 Å². The predicted molar refractivity (Wildman–Crippen MR) is 62.4 cm³/mol. The minimum absolute atomic E-state index is 0.149. The maximum atomic E-state index is 12.0.